The first-order valence-corrected chi connectivity index (χ1v) is 9.32. The Labute approximate surface area is 154 Å². The fourth-order valence-corrected chi connectivity index (χ4v) is 3.79. The largest absolute Gasteiger partial charge is 0.328 e. The molecule has 1 fully saturated rings. The van der Waals surface area contributed by atoms with Gasteiger partial charge in [0.15, 0.2) is 11.5 Å². The average molecular weight is 366 g/mol. The number of aromatic amines is 1. The van der Waals surface area contributed by atoms with E-state index in [1.165, 1.54) is 31.0 Å². The van der Waals surface area contributed by atoms with Gasteiger partial charge in [0.25, 0.3) is 0 Å². The molecule has 9 heteroatoms. The van der Waals surface area contributed by atoms with Crippen LogP contribution in [0.3, 0.4) is 0 Å². The monoisotopic (exact) mass is 366 g/mol. The van der Waals surface area contributed by atoms with Crippen LogP contribution in [0.25, 0.3) is 16.9 Å². The molecule has 0 radical (unpaired) electrons. The molecule has 0 aromatic carbocycles. The van der Waals surface area contributed by atoms with Gasteiger partial charge in [-0.05, 0) is 44.0 Å². The van der Waals surface area contributed by atoms with E-state index in [-0.39, 0.29) is 0 Å². The van der Waals surface area contributed by atoms with Gasteiger partial charge in [0.1, 0.15) is 5.00 Å². The molecule has 26 heavy (non-hydrogen) atoms. The van der Waals surface area contributed by atoms with Crippen molar-refractivity contribution >= 4 is 28.0 Å². The number of nitrogens with zero attached hydrogens (tertiary/aromatic N) is 6. The van der Waals surface area contributed by atoms with Gasteiger partial charge in [-0.25, -0.2) is 9.97 Å². The van der Waals surface area contributed by atoms with E-state index < -0.39 is 0 Å². The third kappa shape index (κ3) is 2.74. The first kappa shape index (κ1) is 15.5. The van der Waals surface area contributed by atoms with E-state index in [1.807, 2.05) is 29.9 Å². The number of nitrogens with one attached hydrogen (secondary N) is 2. The molecule has 0 saturated carbocycles. The summed E-state index contributed by atoms with van der Waals surface area (Å²) in [7, 11) is 0. The molecule has 1 aliphatic heterocycles. The maximum Gasteiger partial charge on any atom is 0.180 e. The molecule has 0 atom stereocenters. The summed E-state index contributed by atoms with van der Waals surface area (Å²) in [6, 6.07) is 2.10. The number of hydrogen-bond acceptors (Lipinski definition) is 7. The van der Waals surface area contributed by atoms with Gasteiger partial charge in [-0.15, -0.1) is 0 Å². The number of imidazole rings is 1. The Hall–Kier alpha value is -2.78. The second-order valence-electron chi connectivity index (χ2n) is 6.49. The van der Waals surface area contributed by atoms with E-state index in [4.69, 9.17) is 0 Å². The van der Waals surface area contributed by atoms with Crippen LogP contribution >= 0.6 is 11.5 Å². The molecule has 4 aromatic heterocycles. The van der Waals surface area contributed by atoms with Crippen molar-refractivity contribution in [2.24, 2.45) is 0 Å². The number of aryl methyl sites for hydroxylation is 1. The van der Waals surface area contributed by atoms with Crippen LogP contribution in [0.4, 0.5) is 10.8 Å². The summed E-state index contributed by atoms with van der Waals surface area (Å²) < 4.78 is 6.59. The lowest BCUT2D eigenvalue weighted by Gasteiger charge is -2.29. The van der Waals surface area contributed by atoms with Gasteiger partial charge in [0, 0.05) is 24.5 Å². The molecule has 1 aliphatic rings. The van der Waals surface area contributed by atoms with Crippen LogP contribution in [0.15, 0.2) is 30.9 Å². The smallest absolute Gasteiger partial charge is 0.180 e. The van der Waals surface area contributed by atoms with Crippen molar-refractivity contribution in [3.05, 3.63) is 42.2 Å². The lowest BCUT2D eigenvalue weighted by atomic mass is 10.2. The van der Waals surface area contributed by atoms with Crippen molar-refractivity contribution in [3.8, 4) is 11.3 Å². The van der Waals surface area contributed by atoms with E-state index in [0.29, 0.717) is 0 Å². The molecular formula is C17H18N8S. The second kappa shape index (κ2) is 6.19. The molecule has 2 N–H and O–H groups in total. The Morgan fingerprint density at radius 1 is 1.31 bits per heavy atom. The molecule has 5 heterocycles. The van der Waals surface area contributed by atoms with Crippen LogP contribution < -0.4 is 5.32 Å². The van der Waals surface area contributed by atoms with E-state index in [0.717, 1.165) is 45.7 Å². The molecule has 0 unspecified atom stereocenters. The van der Waals surface area contributed by atoms with Gasteiger partial charge < -0.3 is 5.32 Å². The molecular weight excluding hydrogens is 348 g/mol. The standard InChI is InChI=1S/C17H18N8S/c1-11-9-25-14(12-6-19-20-7-12)8-18-17(25)16(21-11)22-15-5-13(23-26-15)10-24-3-2-4-24/h5-9H,2-4,10H2,1H3,(H,19,20)(H,21,22). The molecule has 5 rings (SSSR count). The van der Waals surface area contributed by atoms with Crippen molar-refractivity contribution in [2.75, 3.05) is 18.4 Å². The second-order valence-corrected chi connectivity index (χ2v) is 7.30. The zero-order valence-corrected chi connectivity index (χ0v) is 15.1. The van der Waals surface area contributed by atoms with Crippen LogP contribution in [0.5, 0.6) is 0 Å². The molecule has 0 aliphatic carbocycles. The van der Waals surface area contributed by atoms with Crippen molar-refractivity contribution in [3.63, 3.8) is 0 Å². The maximum absolute atomic E-state index is 4.64. The Bertz CT molecular complexity index is 1040. The highest BCUT2D eigenvalue weighted by Crippen LogP contribution is 2.27. The van der Waals surface area contributed by atoms with Crippen molar-refractivity contribution in [2.45, 2.75) is 19.9 Å². The van der Waals surface area contributed by atoms with Crippen LogP contribution in [-0.2, 0) is 6.54 Å². The number of hydrogen-bond donors (Lipinski definition) is 2. The van der Waals surface area contributed by atoms with Gasteiger partial charge in [0.05, 0.1) is 29.5 Å². The van der Waals surface area contributed by atoms with Gasteiger partial charge in [-0.1, -0.05) is 0 Å². The quantitative estimate of drug-likeness (QED) is 0.565. The van der Waals surface area contributed by atoms with E-state index in [9.17, 15) is 0 Å². The summed E-state index contributed by atoms with van der Waals surface area (Å²) in [4.78, 5) is 11.6. The number of fused-ring (bicyclic) bond motifs is 1. The minimum atomic E-state index is 0.735. The van der Waals surface area contributed by atoms with Crippen LogP contribution in [0, 0.1) is 6.92 Å². The van der Waals surface area contributed by atoms with E-state index in [1.54, 1.807) is 6.20 Å². The minimum absolute atomic E-state index is 0.735. The number of H-pyrrole nitrogens is 1. The number of anilines is 2. The Morgan fingerprint density at radius 3 is 3.00 bits per heavy atom. The van der Waals surface area contributed by atoms with Crippen molar-refractivity contribution in [1.82, 2.24) is 33.8 Å². The highest BCUT2D eigenvalue weighted by atomic mass is 32.1. The fourth-order valence-electron chi connectivity index (χ4n) is 3.13. The summed E-state index contributed by atoms with van der Waals surface area (Å²) in [6.07, 6.45) is 8.76. The predicted molar refractivity (Wildman–Crippen MR) is 101 cm³/mol. The zero-order valence-electron chi connectivity index (χ0n) is 14.3. The number of rotatable bonds is 5. The van der Waals surface area contributed by atoms with Gasteiger partial charge in [-0.2, -0.15) is 9.47 Å². The zero-order chi connectivity index (χ0) is 17.5. The molecule has 0 spiro atoms. The predicted octanol–water partition coefficient (Wildman–Crippen LogP) is 2.83. The molecule has 0 amide bonds. The van der Waals surface area contributed by atoms with Crippen LogP contribution in [-0.4, -0.2) is 46.9 Å². The van der Waals surface area contributed by atoms with E-state index >= 15 is 0 Å². The molecule has 1 saturated heterocycles. The van der Waals surface area contributed by atoms with Gasteiger partial charge in [0.2, 0.25) is 0 Å². The van der Waals surface area contributed by atoms with E-state index in [2.05, 4.69) is 40.8 Å². The highest BCUT2D eigenvalue weighted by Gasteiger charge is 2.17. The topological polar surface area (TPSA) is 87.0 Å². The molecule has 0 bridgehead atoms. The lowest BCUT2D eigenvalue weighted by molar-refractivity contribution is 0.171. The third-order valence-electron chi connectivity index (χ3n) is 4.54. The lowest BCUT2D eigenvalue weighted by Crippen LogP contribution is -2.36. The summed E-state index contributed by atoms with van der Waals surface area (Å²) in [5.74, 6) is 0.735. The average Bonchev–Trinajstić information content (AvgIpc) is 3.31. The summed E-state index contributed by atoms with van der Waals surface area (Å²) in [5.41, 5.74) is 4.76. The van der Waals surface area contributed by atoms with Crippen LogP contribution in [0.2, 0.25) is 0 Å². The molecule has 132 valence electrons. The number of likely N-dealkylation sites (tertiary alicyclic amines) is 1. The van der Waals surface area contributed by atoms with Gasteiger partial charge in [-0.3, -0.25) is 14.4 Å². The van der Waals surface area contributed by atoms with Gasteiger partial charge >= 0.3 is 0 Å². The number of aromatic nitrogens is 6. The first-order chi connectivity index (χ1) is 12.8. The molecule has 8 nitrogen and oxygen atoms in total. The summed E-state index contributed by atoms with van der Waals surface area (Å²) >= 11 is 1.46. The summed E-state index contributed by atoms with van der Waals surface area (Å²) in [5, 5.41) is 11.3. The fraction of sp³-hybridized carbons (Fsp3) is 0.294. The maximum atomic E-state index is 4.64. The Balaban J connectivity index is 1.47. The first-order valence-electron chi connectivity index (χ1n) is 8.55. The third-order valence-corrected chi connectivity index (χ3v) is 5.28. The van der Waals surface area contributed by atoms with Crippen molar-refractivity contribution < 1.29 is 0 Å². The highest BCUT2D eigenvalue weighted by molar-refractivity contribution is 7.10. The minimum Gasteiger partial charge on any atom is -0.328 e. The Morgan fingerprint density at radius 2 is 2.23 bits per heavy atom. The normalized spacial score (nSPS) is 14.7. The summed E-state index contributed by atoms with van der Waals surface area (Å²) in [6.45, 7) is 5.24. The van der Waals surface area contributed by atoms with Crippen molar-refractivity contribution in [1.29, 1.82) is 0 Å². The van der Waals surface area contributed by atoms with Crippen LogP contribution in [0.1, 0.15) is 17.8 Å². The Kier molecular flexibility index (Phi) is 3.68. The molecule has 4 aromatic rings. The SMILES string of the molecule is Cc1cn2c(-c3cn[nH]c3)cnc2c(Nc2cc(CN3CCC3)ns2)n1.